The topological polar surface area (TPSA) is 20.2 Å². The fourth-order valence-electron chi connectivity index (χ4n) is 2.31. The Hall–Kier alpha value is -0.890. The third-order valence-corrected chi connectivity index (χ3v) is 3.39. The van der Waals surface area contributed by atoms with Gasteiger partial charge >= 0.3 is 0 Å². The summed E-state index contributed by atoms with van der Waals surface area (Å²) >= 11 is 0. The SMILES string of the molecule is Cc1ccc(C2(O)CCCCC2)cc1F. The normalized spacial score (nSPS) is 20.2. The van der Waals surface area contributed by atoms with Gasteiger partial charge in [0.15, 0.2) is 0 Å². The third-order valence-electron chi connectivity index (χ3n) is 3.39. The molecule has 2 heteroatoms. The Balaban J connectivity index is 2.31. The summed E-state index contributed by atoms with van der Waals surface area (Å²) in [6.45, 7) is 1.74. The number of hydrogen-bond donors (Lipinski definition) is 1. The summed E-state index contributed by atoms with van der Waals surface area (Å²) in [5.41, 5.74) is 0.593. The van der Waals surface area contributed by atoms with Gasteiger partial charge in [0.1, 0.15) is 5.82 Å². The summed E-state index contributed by atoms with van der Waals surface area (Å²) < 4.78 is 13.4. The van der Waals surface area contributed by atoms with E-state index in [0.717, 1.165) is 31.2 Å². The Morgan fingerprint density at radius 2 is 1.87 bits per heavy atom. The highest BCUT2D eigenvalue weighted by molar-refractivity contribution is 5.28. The second kappa shape index (κ2) is 3.93. The molecule has 1 aromatic rings. The lowest BCUT2D eigenvalue weighted by molar-refractivity contribution is -0.000895. The molecule has 1 aliphatic carbocycles. The second-order valence-electron chi connectivity index (χ2n) is 4.56. The van der Waals surface area contributed by atoms with E-state index in [0.29, 0.717) is 5.56 Å². The van der Waals surface area contributed by atoms with Crippen LogP contribution in [0, 0.1) is 12.7 Å². The third kappa shape index (κ3) is 2.05. The molecule has 82 valence electrons. The first-order valence-corrected chi connectivity index (χ1v) is 5.61. The zero-order chi connectivity index (χ0) is 10.9. The molecule has 2 rings (SSSR count). The van der Waals surface area contributed by atoms with Gasteiger partial charge in [0, 0.05) is 0 Å². The summed E-state index contributed by atoms with van der Waals surface area (Å²) in [5.74, 6) is -0.216. The van der Waals surface area contributed by atoms with Crippen LogP contribution < -0.4 is 0 Å². The quantitative estimate of drug-likeness (QED) is 0.750. The average molecular weight is 208 g/mol. The molecule has 1 nitrogen and oxygen atoms in total. The average Bonchev–Trinajstić information content (AvgIpc) is 2.23. The van der Waals surface area contributed by atoms with E-state index in [-0.39, 0.29) is 5.82 Å². The highest BCUT2D eigenvalue weighted by Gasteiger charge is 2.31. The van der Waals surface area contributed by atoms with Gasteiger partial charge in [0.25, 0.3) is 0 Å². The van der Waals surface area contributed by atoms with Gasteiger partial charge in [0.05, 0.1) is 5.60 Å². The van der Waals surface area contributed by atoms with Crippen LogP contribution in [0.25, 0.3) is 0 Å². The second-order valence-corrected chi connectivity index (χ2v) is 4.56. The van der Waals surface area contributed by atoms with Crippen LogP contribution >= 0.6 is 0 Å². The van der Waals surface area contributed by atoms with Gasteiger partial charge in [-0.1, -0.05) is 31.4 Å². The first kappa shape index (κ1) is 10.6. The van der Waals surface area contributed by atoms with Crippen molar-refractivity contribution in [1.29, 1.82) is 0 Å². The van der Waals surface area contributed by atoms with E-state index in [4.69, 9.17) is 0 Å². The van der Waals surface area contributed by atoms with Crippen molar-refractivity contribution in [3.63, 3.8) is 0 Å². The van der Waals surface area contributed by atoms with Crippen LogP contribution in [0.15, 0.2) is 18.2 Å². The van der Waals surface area contributed by atoms with Crippen molar-refractivity contribution in [3.05, 3.63) is 35.1 Å². The number of rotatable bonds is 1. The Bertz CT molecular complexity index is 354. The maximum Gasteiger partial charge on any atom is 0.126 e. The molecule has 0 unspecified atom stereocenters. The van der Waals surface area contributed by atoms with Gasteiger partial charge < -0.3 is 5.11 Å². The van der Waals surface area contributed by atoms with E-state index in [1.54, 1.807) is 13.0 Å². The molecule has 0 atom stereocenters. The van der Waals surface area contributed by atoms with E-state index in [2.05, 4.69) is 0 Å². The van der Waals surface area contributed by atoms with Crippen LogP contribution in [-0.4, -0.2) is 5.11 Å². The van der Waals surface area contributed by atoms with Crippen molar-refractivity contribution in [1.82, 2.24) is 0 Å². The van der Waals surface area contributed by atoms with Crippen LogP contribution in [-0.2, 0) is 5.60 Å². The molecule has 1 N–H and O–H groups in total. The number of benzene rings is 1. The fraction of sp³-hybridized carbons (Fsp3) is 0.538. The monoisotopic (exact) mass is 208 g/mol. The zero-order valence-electron chi connectivity index (χ0n) is 9.09. The number of aliphatic hydroxyl groups is 1. The van der Waals surface area contributed by atoms with Crippen molar-refractivity contribution >= 4 is 0 Å². The van der Waals surface area contributed by atoms with Crippen molar-refractivity contribution in [3.8, 4) is 0 Å². The lowest BCUT2D eigenvalue weighted by atomic mass is 9.79. The predicted molar refractivity (Wildman–Crippen MR) is 58.1 cm³/mol. The predicted octanol–water partition coefficient (Wildman–Crippen LogP) is 3.29. The molecule has 1 aromatic carbocycles. The van der Waals surface area contributed by atoms with Crippen LogP contribution in [0.3, 0.4) is 0 Å². The first-order chi connectivity index (χ1) is 7.12. The molecule has 0 aromatic heterocycles. The van der Waals surface area contributed by atoms with Gasteiger partial charge in [-0.2, -0.15) is 0 Å². The number of halogens is 1. The van der Waals surface area contributed by atoms with Gasteiger partial charge in [-0.25, -0.2) is 4.39 Å². The van der Waals surface area contributed by atoms with E-state index >= 15 is 0 Å². The minimum atomic E-state index is -0.785. The van der Waals surface area contributed by atoms with Gasteiger partial charge in [0.2, 0.25) is 0 Å². The van der Waals surface area contributed by atoms with Crippen LogP contribution in [0.5, 0.6) is 0 Å². The van der Waals surface area contributed by atoms with E-state index in [1.807, 2.05) is 6.07 Å². The summed E-state index contributed by atoms with van der Waals surface area (Å²) in [5, 5.41) is 10.4. The van der Waals surface area contributed by atoms with E-state index in [1.165, 1.54) is 12.5 Å². The smallest absolute Gasteiger partial charge is 0.126 e. The minimum absolute atomic E-state index is 0.216. The summed E-state index contributed by atoms with van der Waals surface area (Å²) in [4.78, 5) is 0. The Kier molecular flexibility index (Phi) is 2.79. The molecule has 0 aliphatic heterocycles. The molecular weight excluding hydrogens is 191 g/mol. The molecule has 0 bridgehead atoms. The molecule has 0 amide bonds. The van der Waals surface area contributed by atoms with Gasteiger partial charge in [-0.15, -0.1) is 0 Å². The standard InChI is InChI=1S/C13H17FO/c1-10-5-6-11(9-12(10)14)13(15)7-3-2-4-8-13/h5-6,9,15H,2-4,7-8H2,1H3. The molecule has 0 saturated heterocycles. The Morgan fingerprint density at radius 3 is 2.47 bits per heavy atom. The molecule has 1 saturated carbocycles. The largest absolute Gasteiger partial charge is 0.385 e. The van der Waals surface area contributed by atoms with Gasteiger partial charge in [-0.3, -0.25) is 0 Å². The molecule has 1 aliphatic rings. The molecule has 0 heterocycles. The van der Waals surface area contributed by atoms with Crippen LogP contribution in [0.4, 0.5) is 4.39 Å². The van der Waals surface area contributed by atoms with Crippen molar-refractivity contribution in [2.75, 3.05) is 0 Å². The molecule has 0 spiro atoms. The maximum atomic E-state index is 13.4. The van der Waals surface area contributed by atoms with E-state index in [9.17, 15) is 9.50 Å². The van der Waals surface area contributed by atoms with Crippen molar-refractivity contribution in [2.24, 2.45) is 0 Å². The zero-order valence-corrected chi connectivity index (χ0v) is 9.09. The molecular formula is C13H17FO. The summed E-state index contributed by atoms with van der Waals surface area (Å²) in [7, 11) is 0. The lowest BCUT2D eigenvalue weighted by Crippen LogP contribution is -2.28. The number of aryl methyl sites for hydroxylation is 1. The fourth-order valence-corrected chi connectivity index (χ4v) is 2.31. The maximum absolute atomic E-state index is 13.4. The van der Waals surface area contributed by atoms with Gasteiger partial charge in [-0.05, 0) is 37.0 Å². The molecule has 1 fully saturated rings. The minimum Gasteiger partial charge on any atom is -0.385 e. The molecule has 15 heavy (non-hydrogen) atoms. The van der Waals surface area contributed by atoms with Crippen molar-refractivity contribution < 1.29 is 9.50 Å². The van der Waals surface area contributed by atoms with Crippen LogP contribution in [0.2, 0.25) is 0 Å². The highest BCUT2D eigenvalue weighted by Crippen LogP contribution is 2.37. The summed E-state index contributed by atoms with van der Waals surface area (Å²) in [6.07, 6.45) is 4.76. The summed E-state index contributed by atoms with van der Waals surface area (Å²) in [6, 6.07) is 5.08. The van der Waals surface area contributed by atoms with Crippen molar-refractivity contribution in [2.45, 2.75) is 44.6 Å². The Labute approximate surface area is 89.9 Å². The lowest BCUT2D eigenvalue weighted by Gasteiger charge is -2.32. The van der Waals surface area contributed by atoms with Crippen LogP contribution in [0.1, 0.15) is 43.2 Å². The Morgan fingerprint density at radius 1 is 1.20 bits per heavy atom. The highest BCUT2D eigenvalue weighted by atomic mass is 19.1. The number of hydrogen-bond acceptors (Lipinski definition) is 1. The molecule has 0 radical (unpaired) electrons. The van der Waals surface area contributed by atoms with E-state index < -0.39 is 5.60 Å². The first-order valence-electron chi connectivity index (χ1n) is 5.61.